The number of unbranched alkanes of at least 4 members (excludes halogenated alkanes) is 4. The van der Waals surface area contributed by atoms with Crippen LogP contribution in [0.3, 0.4) is 0 Å². The molecule has 4 aliphatic rings. The highest BCUT2D eigenvalue weighted by Crippen LogP contribution is 2.66. The first-order valence-electron chi connectivity index (χ1n) is 15.9. The Labute approximate surface area is 227 Å². The van der Waals surface area contributed by atoms with Gasteiger partial charge in [0.15, 0.2) is 0 Å². The average Bonchev–Trinajstić information content (AvgIpc) is 3.20. The van der Waals surface area contributed by atoms with E-state index in [2.05, 4.69) is 39.1 Å². The summed E-state index contributed by atoms with van der Waals surface area (Å²) in [6, 6.07) is 0. The lowest BCUT2D eigenvalue weighted by atomic mass is 9.47. The van der Waals surface area contributed by atoms with Gasteiger partial charge in [0.25, 0.3) is 0 Å². The number of fused-ring (bicyclic) bond motifs is 5. The maximum absolute atomic E-state index is 12.4. The standard InChI is InChI=1S/C33H55NO3/c1-24(2)11-7-8-12-25-14-16-29-28-15-13-26-23-27(37-31(36)34-21-9-5-6-10-22-35)17-19-33(26,4)30(28)18-20-32(25,29)3/h13,22,24-25,27-30H,5-12,14-21,23H2,1-4H3,(H,34,36). The SMILES string of the molecule is CC(C)CCCCC1CCC2C3CC=C4CC(OC(=O)NCCCCCC=O)CCC4(C)C3CCC12C. The average molecular weight is 514 g/mol. The maximum atomic E-state index is 12.4. The summed E-state index contributed by atoms with van der Waals surface area (Å²) in [5.74, 6) is 4.35. The van der Waals surface area contributed by atoms with E-state index >= 15 is 0 Å². The normalized spacial score (nSPS) is 36.8. The van der Waals surface area contributed by atoms with E-state index in [-0.39, 0.29) is 12.2 Å². The number of aldehydes is 1. The van der Waals surface area contributed by atoms with Gasteiger partial charge in [-0.15, -0.1) is 0 Å². The molecule has 1 N–H and O–H groups in total. The van der Waals surface area contributed by atoms with Gasteiger partial charge in [0.2, 0.25) is 0 Å². The Morgan fingerprint density at radius 1 is 1.05 bits per heavy atom. The molecular weight excluding hydrogens is 458 g/mol. The summed E-state index contributed by atoms with van der Waals surface area (Å²) < 4.78 is 5.86. The van der Waals surface area contributed by atoms with Crippen LogP contribution < -0.4 is 5.32 Å². The summed E-state index contributed by atoms with van der Waals surface area (Å²) in [5.41, 5.74) is 2.44. The first-order valence-corrected chi connectivity index (χ1v) is 15.9. The lowest BCUT2D eigenvalue weighted by molar-refractivity contribution is -0.107. The highest BCUT2D eigenvalue weighted by Gasteiger charge is 2.58. The number of hydrogen-bond donors (Lipinski definition) is 1. The van der Waals surface area contributed by atoms with Crippen LogP contribution in [0.2, 0.25) is 0 Å². The lowest BCUT2D eigenvalue weighted by Crippen LogP contribution is -2.50. The second-order valence-electron chi connectivity index (χ2n) is 14.0. The molecule has 4 heteroatoms. The van der Waals surface area contributed by atoms with Gasteiger partial charge in [-0.3, -0.25) is 0 Å². The topological polar surface area (TPSA) is 55.4 Å². The largest absolute Gasteiger partial charge is 0.446 e. The molecule has 1 amide bonds. The van der Waals surface area contributed by atoms with Gasteiger partial charge in [0.05, 0.1) is 0 Å². The van der Waals surface area contributed by atoms with Crippen molar-refractivity contribution in [3.8, 4) is 0 Å². The number of allylic oxidation sites excluding steroid dienone is 1. The third-order valence-electron chi connectivity index (χ3n) is 11.4. The zero-order valence-corrected chi connectivity index (χ0v) is 24.4. The molecule has 0 aromatic heterocycles. The molecule has 0 aromatic carbocycles. The highest BCUT2D eigenvalue weighted by molar-refractivity contribution is 5.67. The Kier molecular flexibility index (Phi) is 9.84. The summed E-state index contributed by atoms with van der Waals surface area (Å²) in [6.07, 6.45) is 22.4. The minimum atomic E-state index is -0.267. The molecule has 3 fully saturated rings. The third-order valence-corrected chi connectivity index (χ3v) is 11.4. The Morgan fingerprint density at radius 3 is 2.68 bits per heavy atom. The van der Waals surface area contributed by atoms with E-state index in [4.69, 9.17) is 4.74 Å². The summed E-state index contributed by atoms with van der Waals surface area (Å²) in [4.78, 5) is 22.8. The van der Waals surface area contributed by atoms with Crippen molar-refractivity contribution in [2.75, 3.05) is 6.54 Å². The molecule has 4 aliphatic carbocycles. The number of hydrogen-bond acceptors (Lipinski definition) is 3. The van der Waals surface area contributed by atoms with Crippen molar-refractivity contribution in [3.63, 3.8) is 0 Å². The van der Waals surface area contributed by atoms with Gasteiger partial charge in [-0.2, -0.15) is 0 Å². The van der Waals surface area contributed by atoms with Gasteiger partial charge >= 0.3 is 6.09 Å². The molecule has 0 saturated heterocycles. The van der Waals surface area contributed by atoms with Crippen LogP contribution >= 0.6 is 0 Å². The summed E-state index contributed by atoms with van der Waals surface area (Å²) in [6.45, 7) is 10.6. The van der Waals surface area contributed by atoms with Gasteiger partial charge in [0.1, 0.15) is 12.4 Å². The smallest absolute Gasteiger partial charge is 0.407 e. The molecule has 0 aliphatic heterocycles. The van der Waals surface area contributed by atoms with E-state index in [1.165, 1.54) is 57.8 Å². The van der Waals surface area contributed by atoms with Crippen molar-refractivity contribution in [2.45, 2.75) is 137 Å². The van der Waals surface area contributed by atoms with Gasteiger partial charge in [-0.05, 0) is 105 Å². The zero-order chi connectivity index (χ0) is 26.5. The molecule has 7 atom stereocenters. The van der Waals surface area contributed by atoms with E-state index in [1.807, 2.05) is 0 Å². The minimum Gasteiger partial charge on any atom is -0.446 e. The quantitative estimate of drug-likeness (QED) is 0.161. The van der Waals surface area contributed by atoms with E-state index in [9.17, 15) is 9.59 Å². The van der Waals surface area contributed by atoms with Crippen molar-refractivity contribution in [1.82, 2.24) is 5.32 Å². The minimum absolute atomic E-state index is 0.0153. The number of nitrogens with one attached hydrogen (secondary N) is 1. The predicted octanol–water partition coefficient (Wildman–Crippen LogP) is 8.64. The highest BCUT2D eigenvalue weighted by atomic mass is 16.6. The molecule has 210 valence electrons. The molecule has 4 rings (SSSR count). The molecule has 3 saturated carbocycles. The van der Waals surface area contributed by atoms with Crippen LogP contribution in [-0.2, 0) is 9.53 Å². The fraction of sp³-hybridized carbons (Fsp3) is 0.879. The Balaban J connectivity index is 1.29. The summed E-state index contributed by atoms with van der Waals surface area (Å²) in [5, 5.41) is 2.92. The molecular formula is C33H55NO3. The molecule has 0 radical (unpaired) electrons. The van der Waals surface area contributed by atoms with E-state index < -0.39 is 0 Å². The first-order chi connectivity index (χ1) is 17.8. The number of alkyl carbamates (subject to hydrolysis) is 1. The monoisotopic (exact) mass is 513 g/mol. The van der Waals surface area contributed by atoms with Crippen molar-refractivity contribution in [3.05, 3.63) is 11.6 Å². The third kappa shape index (κ3) is 6.47. The first kappa shape index (κ1) is 28.7. The van der Waals surface area contributed by atoms with Gasteiger partial charge in [0, 0.05) is 19.4 Å². The number of ether oxygens (including phenoxy) is 1. The summed E-state index contributed by atoms with van der Waals surface area (Å²) in [7, 11) is 0. The van der Waals surface area contributed by atoms with Gasteiger partial charge in [-0.25, -0.2) is 4.79 Å². The van der Waals surface area contributed by atoms with Crippen LogP contribution in [0, 0.1) is 40.4 Å². The number of carbonyl (C=O) groups excluding carboxylic acids is 2. The van der Waals surface area contributed by atoms with Crippen LogP contribution in [-0.4, -0.2) is 25.0 Å². The lowest BCUT2D eigenvalue weighted by Gasteiger charge is -2.58. The Morgan fingerprint density at radius 2 is 1.89 bits per heavy atom. The number of amides is 1. The van der Waals surface area contributed by atoms with Gasteiger partial charge in [-0.1, -0.05) is 65.0 Å². The zero-order valence-electron chi connectivity index (χ0n) is 24.4. The molecule has 7 unspecified atom stereocenters. The maximum Gasteiger partial charge on any atom is 0.407 e. The second kappa shape index (κ2) is 12.7. The summed E-state index contributed by atoms with van der Waals surface area (Å²) >= 11 is 0. The van der Waals surface area contributed by atoms with Crippen LogP contribution in [0.1, 0.15) is 130 Å². The van der Waals surface area contributed by atoms with Crippen molar-refractivity contribution in [2.24, 2.45) is 40.4 Å². The van der Waals surface area contributed by atoms with Crippen LogP contribution in [0.5, 0.6) is 0 Å². The molecule has 0 bridgehead atoms. The van der Waals surface area contributed by atoms with E-state index in [0.29, 0.717) is 23.8 Å². The molecule has 0 spiro atoms. The van der Waals surface area contributed by atoms with Crippen molar-refractivity contribution < 1.29 is 14.3 Å². The number of rotatable bonds is 12. The molecule has 0 aromatic rings. The van der Waals surface area contributed by atoms with Crippen LogP contribution in [0.25, 0.3) is 0 Å². The predicted molar refractivity (Wildman–Crippen MR) is 151 cm³/mol. The second-order valence-corrected chi connectivity index (χ2v) is 14.0. The molecule has 0 heterocycles. The van der Waals surface area contributed by atoms with E-state index in [0.717, 1.165) is 74.4 Å². The molecule has 4 nitrogen and oxygen atoms in total. The fourth-order valence-electron chi connectivity index (χ4n) is 9.17. The van der Waals surface area contributed by atoms with Crippen molar-refractivity contribution >= 4 is 12.4 Å². The van der Waals surface area contributed by atoms with E-state index in [1.54, 1.807) is 5.57 Å². The Hall–Kier alpha value is -1.32. The molecule has 37 heavy (non-hydrogen) atoms. The number of carbonyl (C=O) groups is 2. The van der Waals surface area contributed by atoms with Crippen molar-refractivity contribution in [1.29, 1.82) is 0 Å². The van der Waals surface area contributed by atoms with Gasteiger partial charge < -0.3 is 14.8 Å². The fourth-order valence-corrected chi connectivity index (χ4v) is 9.17. The van der Waals surface area contributed by atoms with Crippen LogP contribution in [0.15, 0.2) is 11.6 Å². The Bertz CT molecular complexity index is 805. The van der Waals surface area contributed by atoms with Crippen LogP contribution in [0.4, 0.5) is 4.79 Å².